The molecule has 1 aromatic carbocycles. The Bertz CT molecular complexity index is 1230. The Hall–Kier alpha value is -4.08. The SMILES string of the molecule is NC(N)=Nc1ccc(CNc2c(-c3cccnc3)nc3ccc(C(F)(F)F)cn23)cc1. The molecule has 158 valence electrons. The quantitative estimate of drug-likeness (QED) is 0.332. The van der Waals surface area contributed by atoms with Crippen molar-refractivity contribution < 1.29 is 13.2 Å². The van der Waals surface area contributed by atoms with Crippen LogP contribution in [0, 0.1) is 0 Å². The number of alkyl halides is 3. The van der Waals surface area contributed by atoms with Gasteiger partial charge in [-0.2, -0.15) is 13.2 Å². The van der Waals surface area contributed by atoms with Gasteiger partial charge >= 0.3 is 6.18 Å². The second-order valence-corrected chi connectivity index (χ2v) is 6.75. The van der Waals surface area contributed by atoms with Crippen molar-refractivity contribution in [2.24, 2.45) is 16.5 Å². The van der Waals surface area contributed by atoms with Gasteiger partial charge in [0.15, 0.2) is 5.96 Å². The molecule has 31 heavy (non-hydrogen) atoms. The van der Waals surface area contributed by atoms with Crippen molar-refractivity contribution in [3.8, 4) is 11.3 Å². The lowest BCUT2D eigenvalue weighted by molar-refractivity contribution is -0.137. The summed E-state index contributed by atoms with van der Waals surface area (Å²) in [4.78, 5) is 12.6. The number of hydrogen-bond donors (Lipinski definition) is 3. The summed E-state index contributed by atoms with van der Waals surface area (Å²) in [6, 6.07) is 13.0. The molecule has 0 unspecified atom stereocenters. The van der Waals surface area contributed by atoms with Crippen LogP contribution in [-0.4, -0.2) is 20.3 Å². The van der Waals surface area contributed by atoms with Crippen molar-refractivity contribution in [3.63, 3.8) is 0 Å². The van der Waals surface area contributed by atoms with Gasteiger partial charge in [0.25, 0.3) is 0 Å². The van der Waals surface area contributed by atoms with Gasteiger partial charge in [0.1, 0.15) is 17.2 Å². The van der Waals surface area contributed by atoms with Crippen molar-refractivity contribution in [1.29, 1.82) is 0 Å². The monoisotopic (exact) mass is 425 g/mol. The van der Waals surface area contributed by atoms with Gasteiger partial charge in [-0.1, -0.05) is 12.1 Å². The van der Waals surface area contributed by atoms with E-state index >= 15 is 0 Å². The fourth-order valence-electron chi connectivity index (χ4n) is 3.11. The van der Waals surface area contributed by atoms with Crippen LogP contribution in [-0.2, 0) is 12.7 Å². The van der Waals surface area contributed by atoms with E-state index in [1.165, 1.54) is 10.5 Å². The Morgan fingerprint density at radius 1 is 1.06 bits per heavy atom. The van der Waals surface area contributed by atoms with Crippen molar-refractivity contribution >= 4 is 23.1 Å². The number of halogens is 3. The highest BCUT2D eigenvalue weighted by atomic mass is 19.4. The molecule has 0 radical (unpaired) electrons. The number of rotatable bonds is 5. The minimum Gasteiger partial charge on any atom is -0.370 e. The standard InChI is InChI=1S/C21H18F3N7/c22-21(23,24)15-5-8-17-30-18(14-2-1-9-27-11-14)19(31(17)12-15)28-10-13-3-6-16(7-4-13)29-20(25)26/h1-9,11-12,28H,10H2,(H4,25,26,29). The first-order valence-electron chi connectivity index (χ1n) is 9.23. The first-order valence-corrected chi connectivity index (χ1v) is 9.23. The third kappa shape index (κ3) is 4.42. The van der Waals surface area contributed by atoms with Crippen LogP contribution in [0.1, 0.15) is 11.1 Å². The molecule has 4 aromatic rings. The lowest BCUT2D eigenvalue weighted by Crippen LogP contribution is -2.21. The molecule has 3 aromatic heterocycles. The maximum absolute atomic E-state index is 13.3. The maximum Gasteiger partial charge on any atom is 0.417 e. The smallest absolute Gasteiger partial charge is 0.370 e. The highest BCUT2D eigenvalue weighted by Crippen LogP contribution is 2.33. The molecule has 0 aliphatic carbocycles. The van der Waals surface area contributed by atoms with E-state index in [2.05, 4.69) is 20.3 Å². The molecular formula is C21H18F3N7. The van der Waals surface area contributed by atoms with Crippen LogP contribution in [0.25, 0.3) is 16.9 Å². The van der Waals surface area contributed by atoms with E-state index < -0.39 is 11.7 Å². The third-order valence-corrected chi connectivity index (χ3v) is 4.54. The number of aliphatic imine (C=N–C) groups is 1. The van der Waals surface area contributed by atoms with Crippen LogP contribution >= 0.6 is 0 Å². The zero-order valence-corrected chi connectivity index (χ0v) is 16.1. The second kappa shape index (κ2) is 7.98. The van der Waals surface area contributed by atoms with Crippen LogP contribution in [0.4, 0.5) is 24.7 Å². The molecule has 0 aliphatic heterocycles. The average Bonchev–Trinajstić information content (AvgIpc) is 3.11. The van der Waals surface area contributed by atoms with Gasteiger partial charge in [-0.25, -0.2) is 9.98 Å². The number of fused-ring (bicyclic) bond motifs is 1. The van der Waals surface area contributed by atoms with E-state index in [1.54, 1.807) is 36.7 Å². The third-order valence-electron chi connectivity index (χ3n) is 4.54. The van der Waals surface area contributed by atoms with E-state index in [0.29, 0.717) is 35.0 Å². The summed E-state index contributed by atoms with van der Waals surface area (Å²) in [5, 5.41) is 3.21. The van der Waals surface area contributed by atoms with Crippen LogP contribution in [0.5, 0.6) is 0 Å². The lowest BCUT2D eigenvalue weighted by atomic mass is 10.2. The molecule has 3 heterocycles. The summed E-state index contributed by atoms with van der Waals surface area (Å²) < 4.78 is 41.2. The second-order valence-electron chi connectivity index (χ2n) is 6.75. The highest BCUT2D eigenvalue weighted by molar-refractivity contribution is 5.79. The van der Waals surface area contributed by atoms with Gasteiger partial charge in [-0.05, 0) is 42.0 Å². The highest BCUT2D eigenvalue weighted by Gasteiger charge is 2.31. The van der Waals surface area contributed by atoms with Crippen molar-refractivity contribution in [2.75, 3.05) is 5.32 Å². The van der Waals surface area contributed by atoms with E-state index in [4.69, 9.17) is 11.5 Å². The summed E-state index contributed by atoms with van der Waals surface area (Å²) in [6.45, 7) is 0.347. The zero-order valence-electron chi connectivity index (χ0n) is 16.1. The molecule has 0 atom stereocenters. The topological polar surface area (TPSA) is 107 Å². The van der Waals surface area contributed by atoms with Gasteiger partial charge in [-0.3, -0.25) is 9.38 Å². The van der Waals surface area contributed by atoms with Crippen LogP contribution < -0.4 is 16.8 Å². The van der Waals surface area contributed by atoms with Crippen LogP contribution in [0.15, 0.2) is 72.1 Å². The lowest BCUT2D eigenvalue weighted by Gasteiger charge is -2.11. The van der Waals surface area contributed by atoms with Gasteiger partial charge in [0.05, 0.1) is 11.3 Å². The molecule has 0 fully saturated rings. The first kappa shape index (κ1) is 20.2. The predicted octanol–water partition coefficient (Wildman–Crippen LogP) is 3.93. The Kier molecular flexibility index (Phi) is 5.20. The molecule has 0 aliphatic rings. The number of anilines is 1. The maximum atomic E-state index is 13.3. The number of hydrogen-bond acceptors (Lipinski definition) is 4. The Morgan fingerprint density at radius 3 is 2.48 bits per heavy atom. The zero-order chi connectivity index (χ0) is 22.0. The first-order chi connectivity index (χ1) is 14.8. The van der Waals surface area contributed by atoms with E-state index in [9.17, 15) is 13.2 Å². The largest absolute Gasteiger partial charge is 0.417 e. The minimum atomic E-state index is -4.47. The Balaban J connectivity index is 1.72. The van der Waals surface area contributed by atoms with Crippen LogP contribution in [0.3, 0.4) is 0 Å². The average molecular weight is 425 g/mol. The minimum absolute atomic E-state index is 0.0433. The Labute approximate surface area is 175 Å². The fourth-order valence-corrected chi connectivity index (χ4v) is 3.11. The molecule has 0 amide bonds. The molecule has 0 saturated carbocycles. The summed E-state index contributed by atoms with van der Waals surface area (Å²) in [5.41, 5.74) is 13.0. The van der Waals surface area contributed by atoms with Crippen molar-refractivity contribution in [1.82, 2.24) is 14.4 Å². The van der Waals surface area contributed by atoms with E-state index in [1.807, 2.05) is 12.1 Å². The van der Waals surface area contributed by atoms with E-state index in [-0.39, 0.29) is 5.96 Å². The molecule has 0 bridgehead atoms. The summed E-state index contributed by atoms with van der Waals surface area (Å²) in [6.07, 6.45) is -0.203. The summed E-state index contributed by atoms with van der Waals surface area (Å²) >= 11 is 0. The summed E-state index contributed by atoms with van der Waals surface area (Å²) in [7, 11) is 0. The predicted molar refractivity (Wildman–Crippen MR) is 113 cm³/mol. The van der Waals surface area contributed by atoms with Gasteiger partial charge in [0, 0.05) is 30.7 Å². The number of benzene rings is 1. The van der Waals surface area contributed by atoms with Gasteiger partial charge in [-0.15, -0.1) is 0 Å². The normalized spacial score (nSPS) is 11.5. The van der Waals surface area contributed by atoms with Crippen molar-refractivity contribution in [3.05, 3.63) is 78.2 Å². The molecule has 0 spiro atoms. The van der Waals surface area contributed by atoms with E-state index in [0.717, 1.165) is 17.8 Å². The number of aromatic nitrogens is 3. The van der Waals surface area contributed by atoms with Gasteiger partial charge in [0.2, 0.25) is 0 Å². The molecular weight excluding hydrogens is 407 g/mol. The number of nitrogens with one attached hydrogen (secondary N) is 1. The summed E-state index contributed by atoms with van der Waals surface area (Å²) in [5.74, 6) is 0.389. The number of nitrogens with two attached hydrogens (primary N) is 2. The Morgan fingerprint density at radius 2 is 1.84 bits per heavy atom. The molecule has 4 rings (SSSR count). The fraction of sp³-hybridized carbons (Fsp3) is 0.0952. The molecule has 7 nitrogen and oxygen atoms in total. The van der Waals surface area contributed by atoms with Crippen LogP contribution in [0.2, 0.25) is 0 Å². The molecule has 5 N–H and O–H groups in total. The van der Waals surface area contributed by atoms with Crippen molar-refractivity contribution in [2.45, 2.75) is 12.7 Å². The molecule has 0 saturated heterocycles. The number of nitrogens with zero attached hydrogens (tertiary/aromatic N) is 4. The number of guanidine groups is 1. The van der Waals surface area contributed by atoms with Gasteiger partial charge < -0.3 is 16.8 Å². The molecule has 10 heteroatoms. The number of pyridine rings is 2. The number of imidazole rings is 1.